The molecule has 0 aromatic heterocycles. The van der Waals surface area contributed by atoms with Crippen LogP contribution >= 0.6 is 0 Å². The Morgan fingerprint density at radius 3 is 2.08 bits per heavy atom. The van der Waals surface area contributed by atoms with Crippen molar-refractivity contribution in [2.75, 3.05) is 0 Å². The molecule has 0 aromatic rings. The summed E-state index contributed by atoms with van der Waals surface area (Å²) in [5, 5.41) is 17.9. The summed E-state index contributed by atoms with van der Waals surface area (Å²) in [4.78, 5) is 0. The molecular formula is C11H16N2. The Balaban J connectivity index is 4.65. The van der Waals surface area contributed by atoms with Gasteiger partial charge in [0.05, 0.1) is 12.1 Å². The summed E-state index contributed by atoms with van der Waals surface area (Å²) in [6, 6.07) is 4.21. The molecule has 0 spiro atoms. The zero-order valence-corrected chi connectivity index (χ0v) is 8.59. The zero-order valence-electron chi connectivity index (χ0n) is 8.59. The van der Waals surface area contributed by atoms with E-state index in [9.17, 15) is 0 Å². The molecule has 2 nitrogen and oxygen atoms in total. The molecular weight excluding hydrogens is 160 g/mol. The second-order valence-electron chi connectivity index (χ2n) is 4.04. The highest BCUT2D eigenvalue weighted by Gasteiger charge is 2.30. The van der Waals surface area contributed by atoms with Gasteiger partial charge in [0.2, 0.25) is 0 Å². The van der Waals surface area contributed by atoms with Crippen molar-refractivity contribution < 1.29 is 0 Å². The molecule has 0 saturated carbocycles. The van der Waals surface area contributed by atoms with Crippen LogP contribution in [-0.2, 0) is 0 Å². The number of hydrogen-bond acceptors (Lipinski definition) is 2. The molecule has 0 atom stereocenters. The number of nitrogens with zero attached hydrogens (tertiary/aromatic N) is 2. The van der Waals surface area contributed by atoms with Crippen molar-refractivity contribution in [3.8, 4) is 12.1 Å². The van der Waals surface area contributed by atoms with E-state index in [2.05, 4.69) is 18.7 Å². The van der Waals surface area contributed by atoms with Crippen LogP contribution in [0.3, 0.4) is 0 Å². The second-order valence-corrected chi connectivity index (χ2v) is 4.04. The minimum absolute atomic E-state index is 0.360. The molecule has 0 radical (unpaired) electrons. The van der Waals surface area contributed by atoms with E-state index in [0.717, 1.165) is 5.57 Å². The highest BCUT2D eigenvalue weighted by molar-refractivity contribution is 5.18. The normalized spacial score (nSPS) is 10.6. The summed E-state index contributed by atoms with van der Waals surface area (Å²) < 4.78 is 0. The van der Waals surface area contributed by atoms with Gasteiger partial charge in [-0.25, -0.2) is 0 Å². The summed E-state index contributed by atoms with van der Waals surface area (Å²) in [6.07, 6.45) is 1.10. The third-order valence-corrected chi connectivity index (χ3v) is 1.79. The van der Waals surface area contributed by atoms with Gasteiger partial charge in [-0.1, -0.05) is 19.4 Å². The topological polar surface area (TPSA) is 47.6 Å². The second kappa shape index (κ2) is 4.67. The number of nitriles is 2. The van der Waals surface area contributed by atoms with Crippen LogP contribution in [0.25, 0.3) is 0 Å². The highest BCUT2D eigenvalue weighted by Crippen LogP contribution is 2.31. The summed E-state index contributed by atoms with van der Waals surface area (Å²) >= 11 is 0. The fourth-order valence-electron chi connectivity index (χ4n) is 1.48. The van der Waals surface area contributed by atoms with E-state index in [4.69, 9.17) is 10.5 Å². The first-order chi connectivity index (χ1) is 5.95. The van der Waals surface area contributed by atoms with E-state index in [0.29, 0.717) is 18.8 Å². The maximum atomic E-state index is 8.96. The third-order valence-electron chi connectivity index (χ3n) is 1.79. The smallest absolute Gasteiger partial charge is 0.147 e. The molecule has 0 amide bonds. The van der Waals surface area contributed by atoms with Crippen LogP contribution in [0, 0.1) is 34.0 Å². The molecule has 2 heteroatoms. The summed E-state index contributed by atoms with van der Waals surface area (Å²) in [5.41, 5.74) is 0.0313. The van der Waals surface area contributed by atoms with Gasteiger partial charge in [0.1, 0.15) is 5.41 Å². The van der Waals surface area contributed by atoms with Crippen molar-refractivity contribution in [1.29, 1.82) is 10.5 Å². The van der Waals surface area contributed by atoms with Gasteiger partial charge < -0.3 is 0 Å². The van der Waals surface area contributed by atoms with Gasteiger partial charge in [-0.05, 0) is 25.7 Å². The van der Waals surface area contributed by atoms with Gasteiger partial charge in [-0.3, -0.25) is 0 Å². The minimum Gasteiger partial charge on any atom is -0.197 e. The van der Waals surface area contributed by atoms with Crippen molar-refractivity contribution in [3.05, 3.63) is 12.2 Å². The minimum atomic E-state index is -0.861. The van der Waals surface area contributed by atoms with Gasteiger partial charge in [0.25, 0.3) is 0 Å². The van der Waals surface area contributed by atoms with Crippen LogP contribution in [0.2, 0.25) is 0 Å². The lowest BCUT2D eigenvalue weighted by atomic mass is 9.78. The van der Waals surface area contributed by atoms with E-state index >= 15 is 0 Å². The van der Waals surface area contributed by atoms with Gasteiger partial charge in [-0.2, -0.15) is 10.5 Å². The first-order valence-electron chi connectivity index (χ1n) is 4.42. The molecule has 70 valence electrons. The first-order valence-corrected chi connectivity index (χ1v) is 4.42. The van der Waals surface area contributed by atoms with Gasteiger partial charge in [-0.15, -0.1) is 6.58 Å². The fraction of sp³-hybridized carbons (Fsp3) is 0.636. The summed E-state index contributed by atoms with van der Waals surface area (Å²) in [6.45, 7) is 9.62. The quantitative estimate of drug-likeness (QED) is 0.618. The van der Waals surface area contributed by atoms with E-state index in [1.807, 2.05) is 20.8 Å². The number of hydrogen-bond donors (Lipinski definition) is 0. The van der Waals surface area contributed by atoms with Crippen molar-refractivity contribution in [2.45, 2.75) is 33.6 Å². The average Bonchev–Trinajstić information content (AvgIpc) is 2.01. The van der Waals surface area contributed by atoms with E-state index in [1.165, 1.54) is 0 Å². The van der Waals surface area contributed by atoms with E-state index in [1.54, 1.807) is 0 Å². The van der Waals surface area contributed by atoms with Crippen LogP contribution in [-0.4, -0.2) is 0 Å². The molecule has 0 unspecified atom stereocenters. The average molecular weight is 176 g/mol. The lowest BCUT2D eigenvalue weighted by Crippen LogP contribution is -2.19. The standard InChI is InChI=1S/C11H16N2/c1-9(2)5-11(7-12,8-13)6-10(3)4/h10H,1,5-6H2,2-4H3. The van der Waals surface area contributed by atoms with Crippen molar-refractivity contribution in [3.63, 3.8) is 0 Å². The molecule has 0 bridgehead atoms. The highest BCUT2D eigenvalue weighted by atomic mass is 14.4. The van der Waals surface area contributed by atoms with Gasteiger partial charge in [0, 0.05) is 0 Å². The molecule has 0 saturated heterocycles. The Bertz CT molecular complexity index is 249. The molecule has 0 aliphatic carbocycles. The number of allylic oxidation sites excluding steroid dienone is 1. The fourth-order valence-corrected chi connectivity index (χ4v) is 1.48. The van der Waals surface area contributed by atoms with Crippen LogP contribution < -0.4 is 0 Å². The largest absolute Gasteiger partial charge is 0.197 e. The Hall–Kier alpha value is -1.28. The Morgan fingerprint density at radius 2 is 1.85 bits per heavy atom. The van der Waals surface area contributed by atoms with E-state index < -0.39 is 5.41 Å². The zero-order chi connectivity index (χ0) is 10.5. The Labute approximate surface area is 80.5 Å². The molecule has 0 fully saturated rings. The monoisotopic (exact) mass is 176 g/mol. The maximum absolute atomic E-state index is 8.96. The first kappa shape index (κ1) is 11.7. The van der Waals surface area contributed by atoms with Crippen molar-refractivity contribution in [1.82, 2.24) is 0 Å². The van der Waals surface area contributed by atoms with Crippen LogP contribution in [0.1, 0.15) is 33.6 Å². The van der Waals surface area contributed by atoms with Crippen LogP contribution in [0.4, 0.5) is 0 Å². The van der Waals surface area contributed by atoms with E-state index in [-0.39, 0.29) is 0 Å². The molecule has 0 aliphatic heterocycles. The van der Waals surface area contributed by atoms with Gasteiger partial charge in [0.15, 0.2) is 0 Å². The summed E-state index contributed by atoms with van der Waals surface area (Å²) in [7, 11) is 0. The molecule has 0 N–H and O–H groups in total. The molecule has 0 rings (SSSR count). The third kappa shape index (κ3) is 3.76. The lowest BCUT2D eigenvalue weighted by Gasteiger charge is -2.20. The van der Waals surface area contributed by atoms with Crippen LogP contribution in [0.15, 0.2) is 12.2 Å². The maximum Gasteiger partial charge on any atom is 0.147 e. The lowest BCUT2D eigenvalue weighted by molar-refractivity contribution is 0.395. The predicted molar refractivity (Wildman–Crippen MR) is 52.5 cm³/mol. The van der Waals surface area contributed by atoms with Crippen molar-refractivity contribution >= 4 is 0 Å². The Kier molecular flexibility index (Phi) is 4.21. The van der Waals surface area contributed by atoms with Crippen molar-refractivity contribution in [2.24, 2.45) is 11.3 Å². The molecule has 0 aromatic carbocycles. The Morgan fingerprint density at radius 1 is 1.38 bits per heavy atom. The molecule has 0 heterocycles. The van der Waals surface area contributed by atoms with Gasteiger partial charge >= 0.3 is 0 Å². The SMILES string of the molecule is C=C(C)CC(C#N)(C#N)CC(C)C. The number of rotatable bonds is 4. The molecule has 13 heavy (non-hydrogen) atoms. The molecule has 0 aliphatic rings. The summed E-state index contributed by atoms with van der Waals surface area (Å²) in [5.74, 6) is 0.360. The van der Waals surface area contributed by atoms with Crippen LogP contribution in [0.5, 0.6) is 0 Å². The predicted octanol–water partition coefficient (Wildman–Crippen LogP) is 3.03.